The van der Waals surface area contributed by atoms with Gasteiger partial charge in [-0.3, -0.25) is 4.79 Å². The van der Waals surface area contributed by atoms with Gasteiger partial charge in [0, 0.05) is 11.3 Å². The Morgan fingerprint density at radius 1 is 1.30 bits per heavy atom. The molecule has 0 saturated heterocycles. The highest BCUT2D eigenvalue weighted by Gasteiger charge is 2.05. The van der Waals surface area contributed by atoms with Gasteiger partial charge in [-0.15, -0.1) is 0 Å². The zero-order chi connectivity index (χ0) is 16.7. The van der Waals surface area contributed by atoms with Crippen LogP contribution in [-0.2, 0) is 4.79 Å². The number of rotatable bonds is 6. The van der Waals surface area contributed by atoms with Crippen molar-refractivity contribution in [1.29, 1.82) is 0 Å². The highest BCUT2D eigenvalue weighted by molar-refractivity contribution is 5.87. The predicted octanol–water partition coefficient (Wildman–Crippen LogP) is 2.27. The van der Waals surface area contributed by atoms with Gasteiger partial charge in [0.1, 0.15) is 0 Å². The van der Waals surface area contributed by atoms with E-state index in [2.05, 4.69) is 15.8 Å². The fraction of sp³-hybridized carbons (Fsp3) is 0.176. The number of anilines is 1. The van der Waals surface area contributed by atoms with Crippen molar-refractivity contribution >= 4 is 17.8 Å². The number of nitrogens with zero attached hydrogens (tertiary/aromatic N) is 1. The van der Waals surface area contributed by atoms with Crippen molar-refractivity contribution < 1.29 is 14.6 Å². The molecule has 0 bridgehead atoms. The van der Waals surface area contributed by atoms with Crippen molar-refractivity contribution in [2.75, 3.05) is 19.0 Å². The van der Waals surface area contributed by atoms with Crippen molar-refractivity contribution in [2.45, 2.75) is 6.92 Å². The number of phenolic OH excluding ortho intramolecular Hbond substituents is 1. The Hall–Kier alpha value is -3.02. The van der Waals surface area contributed by atoms with Gasteiger partial charge < -0.3 is 15.2 Å². The summed E-state index contributed by atoms with van der Waals surface area (Å²) in [5.41, 5.74) is 4.83. The minimum absolute atomic E-state index is 0.0223. The fourth-order valence-corrected chi connectivity index (χ4v) is 1.96. The first kappa shape index (κ1) is 16.4. The number of aromatic hydroxyl groups is 1. The van der Waals surface area contributed by atoms with Crippen molar-refractivity contribution in [2.24, 2.45) is 5.10 Å². The number of hydrogen-bond acceptors (Lipinski definition) is 5. The molecule has 0 heterocycles. The smallest absolute Gasteiger partial charge is 0.259 e. The number of hydrazone groups is 1. The third-order valence-corrected chi connectivity index (χ3v) is 3.11. The number of aryl methyl sites for hydroxylation is 1. The van der Waals surface area contributed by atoms with E-state index in [0.29, 0.717) is 11.3 Å². The lowest BCUT2D eigenvalue weighted by Gasteiger charge is -2.06. The Bertz CT molecular complexity index is 714. The van der Waals surface area contributed by atoms with E-state index in [-0.39, 0.29) is 18.2 Å². The molecule has 0 unspecified atom stereocenters. The molecule has 2 aromatic carbocycles. The quantitative estimate of drug-likeness (QED) is 0.564. The zero-order valence-corrected chi connectivity index (χ0v) is 13.0. The molecule has 2 rings (SSSR count). The summed E-state index contributed by atoms with van der Waals surface area (Å²) in [6.07, 6.45) is 1.36. The summed E-state index contributed by atoms with van der Waals surface area (Å²) in [6.45, 7) is 2.08. The topological polar surface area (TPSA) is 83.0 Å². The average molecular weight is 313 g/mol. The molecule has 3 N–H and O–H groups in total. The summed E-state index contributed by atoms with van der Waals surface area (Å²) >= 11 is 0. The van der Waals surface area contributed by atoms with Crippen LogP contribution in [0.4, 0.5) is 5.69 Å². The van der Waals surface area contributed by atoms with Gasteiger partial charge in [-0.1, -0.05) is 18.2 Å². The number of benzene rings is 2. The van der Waals surface area contributed by atoms with Gasteiger partial charge in [0.05, 0.1) is 19.9 Å². The normalized spacial score (nSPS) is 10.5. The number of para-hydroxylation sites is 1. The molecular weight excluding hydrogens is 294 g/mol. The molecule has 2 aromatic rings. The maximum Gasteiger partial charge on any atom is 0.259 e. The number of methoxy groups -OCH3 is 1. The van der Waals surface area contributed by atoms with Gasteiger partial charge >= 0.3 is 0 Å². The average Bonchev–Trinajstić information content (AvgIpc) is 2.54. The Balaban J connectivity index is 1.87. The largest absolute Gasteiger partial charge is 0.504 e. The SMILES string of the molecule is COc1cccc(/C=N\NC(=O)CNc2cccc(C)c2)c1O. The molecule has 0 radical (unpaired) electrons. The standard InChI is InChI=1S/C17H19N3O3/c1-12-5-3-7-14(9-12)18-11-16(21)20-19-10-13-6-4-8-15(23-2)17(13)22/h3-10,18,22H,11H2,1-2H3,(H,20,21)/b19-10-. The first-order valence-corrected chi connectivity index (χ1v) is 7.08. The van der Waals surface area contributed by atoms with E-state index < -0.39 is 0 Å². The first-order chi connectivity index (χ1) is 11.1. The molecule has 0 fully saturated rings. The lowest BCUT2D eigenvalue weighted by Crippen LogP contribution is -2.25. The molecule has 23 heavy (non-hydrogen) atoms. The van der Waals surface area contributed by atoms with E-state index >= 15 is 0 Å². The molecule has 0 aliphatic heterocycles. The van der Waals surface area contributed by atoms with Crippen LogP contribution < -0.4 is 15.5 Å². The van der Waals surface area contributed by atoms with Crippen molar-refractivity contribution in [3.8, 4) is 11.5 Å². The second-order valence-corrected chi connectivity index (χ2v) is 4.91. The van der Waals surface area contributed by atoms with Gasteiger partial charge in [0.15, 0.2) is 11.5 Å². The maximum atomic E-state index is 11.7. The molecule has 1 amide bonds. The van der Waals surface area contributed by atoms with Gasteiger partial charge in [-0.25, -0.2) is 5.43 Å². The van der Waals surface area contributed by atoms with Crippen LogP contribution in [-0.4, -0.2) is 30.9 Å². The third kappa shape index (κ3) is 4.74. The highest BCUT2D eigenvalue weighted by Crippen LogP contribution is 2.27. The highest BCUT2D eigenvalue weighted by atomic mass is 16.5. The van der Waals surface area contributed by atoms with Crippen LogP contribution in [0.1, 0.15) is 11.1 Å². The monoisotopic (exact) mass is 313 g/mol. The van der Waals surface area contributed by atoms with Crippen LogP contribution >= 0.6 is 0 Å². The van der Waals surface area contributed by atoms with E-state index in [1.807, 2.05) is 31.2 Å². The number of amides is 1. The Morgan fingerprint density at radius 3 is 2.83 bits per heavy atom. The Kier molecular flexibility index (Phi) is 5.57. The second-order valence-electron chi connectivity index (χ2n) is 4.91. The summed E-state index contributed by atoms with van der Waals surface area (Å²) in [6, 6.07) is 12.8. The van der Waals surface area contributed by atoms with E-state index in [1.165, 1.54) is 13.3 Å². The van der Waals surface area contributed by atoms with E-state index in [4.69, 9.17) is 4.74 Å². The van der Waals surface area contributed by atoms with Crippen molar-refractivity contribution in [3.05, 3.63) is 53.6 Å². The number of carbonyl (C=O) groups excluding carboxylic acids is 1. The summed E-state index contributed by atoms with van der Waals surface area (Å²) in [4.78, 5) is 11.7. The van der Waals surface area contributed by atoms with E-state index in [1.54, 1.807) is 18.2 Å². The van der Waals surface area contributed by atoms with Gasteiger partial charge in [0.2, 0.25) is 0 Å². The van der Waals surface area contributed by atoms with E-state index in [0.717, 1.165) is 11.3 Å². The minimum Gasteiger partial charge on any atom is -0.504 e. The lowest BCUT2D eigenvalue weighted by atomic mass is 10.2. The predicted molar refractivity (Wildman–Crippen MR) is 90.1 cm³/mol. The van der Waals surface area contributed by atoms with Crippen LogP contribution in [0, 0.1) is 6.92 Å². The lowest BCUT2D eigenvalue weighted by molar-refractivity contribution is -0.119. The number of ether oxygens (including phenoxy) is 1. The van der Waals surface area contributed by atoms with Crippen LogP contribution in [0.5, 0.6) is 11.5 Å². The molecule has 0 aliphatic rings. The molecular formula is C17H19N3O3. The van der Waals surface area contributed by atoms with Crippen LogP contribution in [0.15, 0.2) is 47.6 Å². The number of hydrogen-bond donors (Lipinski definition) is 3. The van der Waals surface area contributed by atoms with Crippen LogP contribution in [0.25, 0.3) is 0 Å². The molecule has 6 nitrogen and oxygen atoms in total. The molecule has 6 heteroatoms. The fourth-order valence-electron chi connectivity index (χ4n) is 1.96. The summed E-state index contributed by atoms with van der Waals surface area (Å²) in [5.74, 6) is 0.0393. The molecule has 0 atom stereocenters. The maximum absolute atomic E-state index is 11.7. The second kappa shape index (κ2) is 7.84. The van der Waals surface area contributed by atoms with Crippen molar-refractivity contribution in [1.82, 2.24) is 5.43 Å². The van der Waals surface area contributed by atoms with Gasteiger partial charge in [-0.05, 0) is 36.8 Å². The summed E-state index contributed by atoms with van der Waals surface area (Å²) in [5, 5.41) is 16.7. The molecule has 120 valence electrons. The Morgan fingerprint density at radius 2 is 2.09 bits per heavy atom. The van der Waals surface area contributed by atoms with Gasteiger partial charge in [-0.2, -0.15) is 5.10 Å². The summed E-state index contributed by atoms with van der Waals surface area (Å²) < 4.78 is 5.00. The molecule has 0 aromatic heterocycles. The van der Waals surface area contributed by atoms with Crippen LogP contribution in [0.3, 0.4) is 0 Å². The minimum atomic E-state index is -0.287. The van der Waals surface area contributed by atoms with Crippen molar-refractivity contribution in [3.63, 3.8) is 0 Å². The summed E-state index contributed by atoms with van der Waals surface area (Å²) in [7, 11) is 1.47. The van der Waals surface area contributed by atoms with E-state index in [9.17, 15) is 9.90 Å². The number of phenols is 1. The molecule has 0 saturated carbocycles. The molecule has 0 aliphatic carbocycles. The van der Waals surface area contributed by atoms with Gasteiger partial charge in [0.25, 0.3) is 5.91 Å². The number of carbonyl (C=O) groups is 1. The Labute approximate surface area is 134 Å². The first-order valence-electron chi connectivity index (χ1n) is 7.08. The molecule has 0 spiro atoms. The third-order valence-electron chi connectivity index (χ3n) is 3.11. The number of nitrogens with one attached hydrogen (secondary N) is 2. The zero-order valence-electron chi connectivity index (χ0n) is 13.0. The van der Waals surface area contributed by atoms with Crippen LogP contribution in [0.2, 0.25) is 0 Å².